The fraction of sp³-hybridized carbons (Fsp3) is 0.143. The second-order valence-electron chi connectivity index (χ2n) is 2.14. The Morgan fingerprint density at radius 3 is 3.10 bits per heavy atom. The average Bonchev–Trinajstić information content (AvgIpc) is 2.36. The highest BCUT2D eigenvalue weighted by molar-refractivity contribution is 5.47. The fourth-order valence-corrected chi connectivity index (χ4v) is 0.980. The normalized spacial score (nSPS) is 13.7. The summed E-state index contributed by atoms with van der Waals surface area (Å²) in [6, 6.07) is 4.82. The zero-order valence-electron chi connectivity index (χ0n) is 5.21. The van der Waals surface area contributed by atoms with Gasteiger partial charge in [0, 0.05) is 5.56 Å². The Bertz CT molecular complexity index is 294. The lowest BCUT2D eigenvalue weighted by Gasteiger charge is -1.93. The van der Waals surface area contributed by atoms with Crippen LogP contribution < -0.4 is 0 Å². The van der Waals surface area contributed by atoms with Crippen LogP contribution >= 0.6 is 0 Å². The van der Waals surface area contributed by atoms with Gasteiger partial charge in [-0.15, -0.1) is 0 Å². The first-order chi connectivity index (χ1) is 4.88. The quantitative estimate of drug-likeness (QED) is 0.523. The van der Waals surface area contributed by atoms with E-state index in [1.54, 1.807) is 12.1 Å². The zero-order chi connectivity index (χ0) is 6.97. The first kappa shape index (κ1) is 5.53. The van der Waals surface area contributed by atoms with Crippen molar-refractivity contribution >= 4 is 5.69 Å². The number of nitrogens with zero attached hydrogens (tertiary/aromatic N) is 2. The second-order valence-corrected chi connectivity index (χ2v) is 2.14. The van der Waals surface area contributed by atoms with Gasteiger partial charge in [-0.25, -0.2) is 4.39 Å². The number of benzene rings is 1. The van der Waals surface area contributed by atoms with E-state index in [-0.39, 0.29) is 5.82 Å². The van der Waals surface area contributed by atoms with Crippen LogP contribution in [0.25, 0.3) is 0 Å². The molecule has 0 spiro atoms. The van der Waals surface area contributed by atoms with Crippen LogP contribution in [0.5, 0.6) is 0 Å². The molecule has 0 fully saturated rings. The summed E-state index contributed by atoms with van der Waals surface area (Å²) in [7, 11) is 0. The second kappa shape index (κ2) is 1.87. The Hall–Kier alpha value is -1.25. The molecule has 1 aromatic rings. The molecular formula is C7H5FN2. The largest absolute Gasteiger partial charge is 0.207 e. The van der Waals surface area contributed by atoms with Gasteiger partial charge in [0.15, 0.2) is 0 Å². The maximum Gasteiger partial charge on any atom is 0.130 e. The van der Waals surface area contributed by atoms with Gasteiger partial charge in [-0.1, -0.05) is 6.07 Å². The Labute approximate surface area is 57.4 Å². The van der Waals surface area contributed by atoms with Gasteiger partial charge >= 0.3 is 0 Å². The molecule has 1 aromatic carbocycles. The molecule has 50 valence electrons. The van der Waals surface area contributed by atoms with E-state index in [0.29, 0.717) is 17.8 Å². The van der Waals surface area contributed by atoms with Crippen molar-refractivity contribution in [3.8, 4) is 0 Å². The minimum atomic E-state index is -0.206. The molecule has 0 bridgehead atoms. The van der Waals surface area contributed by atoms with Gasteiger partial charge in [-0.2, -0.15) is 10.2 Å². The van der Waals surface area contributed by atoms with Crippen molar-refractivity contribution in [1.29, 1.82) is 0 Å². The number of fused-ring (bicyclic) bond motifs is 1. The molecule has 1 aliphatic heterocycles. The van der Waals surface area contributed by atoms with Crippen LogP contribution in [0.15, 0.2) is 28.4 Å². The molecule has 1 heterocycles. The van der Waals surface area contributed by atoms with E-state index in [4.69, 9.17) is 0 Å². The van der Waals surface area contributed by atoms with Crippen LogP contribution in [0, 0.1) is 5.82 Å². The van der Waals surface area contributed by atoms with Crippen molar-refractivity contribution in [2.45, 2.75) is 6.54 Å². The molecule has 2 nitrogen and oxygen atoms in total. The van der Waals surface area contributed by atoms with Crippen LogP contribution in [-0.4, -0.2) is 0 Å². The number of hydrogen-bond acceptors (Lipinski definition) is 2. The van der Waals surface area contributed by atoms with Crippen LogP contribution in [-0.2, 0) is 6.54 Å². The molecule has 2 rings (SSSR count). The predicted molar refractivity (Wildman–Crippen MR) is 34.6 cm³/mol. The molecule has 0 aromatic heterocycles. The van der Waals surface area contributed by atoms with Gasteiger partial charge in [0.05, 0.1) is 12.2 Å². The lowest BCUT2D eigenvalue weighted by atomic mass is 10.2. The highest BCUT2D eigenvalue weighted by atomic mass is 19.1. The molecule has 10 heavy (non-hydrogen) atoms. The van der Waals surface area contributed by atoms with E-state index in [9.17, 15) is 4.39 Å². The molecule has 3 heteroatoms. The van der Waals surface area contributed by atoms with Gasteiger partial charge in [-0.3, -0.25) is 0 Å². The van der Waals surface area contributed by atoms with Crippen LogP contribution in [0.4, 0.5) is 10.1 Å². The lowest BCUT2D eigenvalue weighted by molar-refractivity contribution is 0.614. The van der Waals surface area contributed by atoms with E-state index < -0.39 is 0 Å². The monoisotopic (exact) mass is 136 g/mol. The highest BCUT2D eigenvalue weighted by Crippen LogP contribution is 2.27. The van der Waals surface area contributed by atoms with Gasteiger partial charge in [-0.05, 0) is 12.1 Å². The van der Waals surface area contributed by atoms with Crippen LogP contribution in [0.1, 0.15) is 5.56 Å². The molecule has 0 unspecified atom stereocenters. The maximum atomic E-state index is 12.8. The molecular weight excluding hydrogens is 131 g/mol. The molecule has 0 radical (unpaired) electrons. The summed E-state index contributed by atoms with van der Waals surface area (Å²) in [6.45, 7) is 0.391. The Morgan fingerprint density at radius 2 is 2.30 bits per heavy atom. The van der Waals surface area contributed by atoms with Crippen molar-refractivity contribution in [3.05, 3.63) is 29.6 Å². The summed E-state index contributed by atoms with van der Waals surface area (Å²) < 4.78 is 12.8. The number of rotatable bonds is 0. The Kier molecular flexibility index (Phi) is 1.03. The third kappa shape index (κ3) is 0.635. The molecule has 0 atom stereocenters. The summed E-state index contributed by atoms with van der Waals surface area (Å²) in [5.74, 6) is -0.206. The smallest absolute Gasteiger partial charge is 0.130 e. The number of azo groups is 1. The van der Waals surface area contributed by atoms with E-state index in [1.807, 2.05) is 0 Å². The van der Waals surface area contributed by atoms with Crippen molar-refractivity contribution in [2.24, 2.45) is 10.2 Å². The van der Waals surface area contributed by atoms with Gasteiger partial charge in [0.25, 0.3) is 0 Å². The first-order valence-electron chi connectivity index (χ1n) is 3.03. The summed E-state index contributed by atoms with van der Waals surface area (Å²) in [6.07, 6.45) is 0. The van der Waals surface area contributed by atoms with Gasteiger partial charge < -0.3 is 0 Å². The minimum Gasteiger partial charge on any atom is -0.207 e. The van der Waals surface area contributed by atoms with Crippen LogP contribution in [0.3, 0.4) is 0 Å². The molecule has 0 saturated heterocycles. The third-order valence-electron chi connectivity index (χ3n) is 1.50. The summed E-state index contributed by atoms with van der Waals surface area (Å²) in [4.78, 5) is 0. The standard InChI is InChI=1S/C7H5FN2/c8-6-2-1-3-7-5(6)4-9-10-7/h1-3H,4H2. The average molecular weight is 136 g/mol. The van der Waals surface area contributed by atoms with Crippen LogP contribution in [0.2, 0.25) is 0 Å². The molecule has 0 saturated carbocycles. The molecule has 1 aliphatic rings. The summed E-state index contributed by atoms with van der Waals surface area (Å²) in [5.41, 5.74) is 1.28. The van der Waals surface area contributed by atoms with E-state index in [1.165, 1.54) is 6.07 Å². The number of halogens is 1. The van der Waals surface area contributed by atoms with Crippen molar-refractivity contribution in [2.75, 3.05) is 0 Å². The highest BCUT2D eigenvalue weighted by Gasteiger charge is 2.10. The number of hydrogen-bond donors (Lipinski definition) is 0. The van der Waals surface area contributed by atoms with Gasteiger partial charge in [0.1, 0.15) is 5.82 Å². The van der Waals surface area contributed by atoms with Gasteiger partial charge in [0.2, 0.25) is 0 Å². The predicted octanol–water partition coefficient (Wildman–Crippen LogP) is 2.42. The molecule has 0 amide bonds. The minimum absolute atomic E-state index is 0.206. The van der Waals surface area contributed by atoms with Crippen molar-refractivity contribution in [1.82, 2.24) is 0 Å². The summed E-state index contributed by atoms with van der Waals surface area (Å²) >= 11 is 0. The summed E-state index contributed by atoms with van der Waals surface area (Å²) in [5, 5.41) is 7.44. The van der Waals surface area contributed by atoms with E-state index in [2.05, 4.69) is 10.2 Å². The Morgan fingerprint density at radius 1 is 1.40 bits per heavy atom. The Balaban J connectivity index is 2.66. The zero-order valence-corrected chi connectivity index (χ0v) is 5.21. The third-order valence-corrected chi connectivity index (χ3v) is 1.50. The van der Waals surface area contributed by atoms with Crippen molar-refractivity contribution in [3.63, 3.8) is 0 Å². The molecule has 0 aliphatic carbocycles. The first-order valence-corrected chi connectivity index (χ1v) is 3.03. The molecule has 0 N–H and O–H groups in total. The van der Waals surface area contributed by atoms with E-state index in [0.717, 1.165) is 0 Å². The lowest BCUT2D eigenvalue weighted by Crippen LogP contribution is -1.82. The van der Waals surface area contributed by atoms with E-state index >= 15 is 0 Å². The van der Waals surface area contributed by atoms with Crippen molar-refractivity contribution < 1.29 is 4.39 Å². The maximum absolute atomic E-state index is 12.8. The fourth-order valence-electron chi connectivity index (χ4n) is 0.980. The SMILES string of the molecule is Fc1cccc2c1CN=N2. The topological polar surface area (TPSA) is 24.7 Å².